The molecule has 9 heteroatoms. The first-order valence-corrected chi connectivity index (χ1v) is 7.03. The molecule has 120 valence electrons. The highest BCUT2D eigenvalue weighted by atomic mass is 35.5. The van der Waals surface area contributed by atoms with Crippen LogP contribution in [-0.4, -0.2) is 27.2 Å². The van der Waals surface area contributed by atoms with Gasteiger partial charge >= 0.3 is 0 Å². The molecule has 0 unspecified atom stereocenters. The van der Waals surface area contributed by atoms with Crippen LogP contribution in [0.1, 0.15) is 16.1 Å². The van der Waals surface area contributed by atoms with Crippen LogP contribution in [0.5, 0.6) is 0 Å². The van der Waals surface area contributed by atoms with Crippen LogP contribution in [0.3, 0.4) is 0 Å². The first kappa shape index (κ1) is 16.6. The van der Waals surface area contributed by atoms with E-state index in [1.807, 2.05) is 0 Å². The Hall–Kier alpha value is -2.74. The number of hydrogen-bond donors (Lipinski definition) is 1. The van der Waals surface area contributed by atoms with E-state index in [0.717, 1.165) is 6.07 Å². The molecule has 1 aromatic carbocycles. The number of carbonyl (C=O) groups excluding carboxylic acids is 1. The number of carbonyl (C=O) groups is 1. The van der Waals surface area contributed by atoms with E-state index in [1.54, 1.807) is 13.0 Å². The predicted molar refractivity (Wildman–Crippen MR) is 83.7 cm³/mol. The maximum Gasteiger partial charge on any atom is 0.270 e. The first-order valence-electron chi connectivity index (χ1n) is 6.65. The van der Waals surface area contributed by atoms with Crippen molar-refractivity contribution >= 4 is 23.2 Å². The van der Waals surface area contributed by atoms with Crippen molar-refractivity contribution in [2.24, 2.45) is 0 Å². The molecule has 0 atom stereocenters. The van der Waals surface area contributed by atoms with Gasteiger partial charge in [0, 0.05) is 24.7 Å². The van der Waals surface area contributed by atoms with E-state index in [4.69, 9.17) is 11.6 Å². The normalized spacial score (nSPS) is 10.3. The highest BCUT2D eigenvalue weighted by Crippen LogP contribution is 2.21. The topological polar surface area (TPSA) is 107 Å². The lowest BCUT2D eigenvalue weighted by Gasteiger charge is -2.08. The molecule has 0 fully saturated rings. The molecule has 1 amide bonds. The Bertz CT molecular complexity index is 819. The summed E-state index contributed by atoms with van der Waals surface area (Å²) in [6.45, 7) is 2.06. The van der Waals surface area contributed by atoms with Gasteiger partial charge in [0.25, 0.3) is 17.2 Å². The fourth-order valence-corrected chi connectivity index (χ4v) is 2.09. The minimum atomic E-state index is -0.608. The number of halogens is 1. The average Bonchev–Trinajstić information content (AvgIpc) is 2.50. The molecule has 2 aromatic rings. The molecule has 0 aliphatic carbocycles. The third-order valence-electron chi connectivity index (χ3n) is 3.01. The number of aryl methyl sites for hydroxylation is 1. The van der Waals surface area contributed by atoms with Crippen LogP contribution in [0.25, 0.3) is 0 Å². The van der Waals surface area contributed by atoms with Gasteiger partial charge in [0.05, 0.1) is 27.7 Å². The molecule has 0 aliphatic heterocycles. The summed E-state index contributed by atoms with van der Waals surface area (Å²) in [5, 5.41) is 17.4. The van der Waals surface area contributed by atoms with Crippen molar-refractivity contribution in [3.05, 3.63) is 67.1 Å². The summed E-state index contributed by atoms with van der Waals surface area (Å²) >= 11 is 5.89. The molecular weight excluding hydrogens is 324 g/mol. The summed E-state index contributed by atoms with van der Waals surface area (Å²) in [6, 6.07) is 6.60. The molecule has 1 N–H and O–H groups in total. The standard InChI is InChI=1S/C14H13ClN4O4/c1-9-2-5-13(20)18(17-9)7-6-16-14(21)11-8-10(19(22)23)3-4-12(11)15/h2-5,8H,6-7H2,1H3,(H,16,21). The number of nitro groups is 1. The Kier molecular flexibility index (Phi) is 5.07. The van der Waals surface area contributed by atoms with Crippen molar-refractivity contribution in [3.8, 4) is 0 Å². The molecule has 1 heterocycles. The third-order valence-corrected chi connectivity index (χ3v) is 3.34. The average molecular weight is 337 g/mol. The summed E-state index contributed by atoms with van der Waals surface area (Å²) in [5.41, 5.74) is 0.178. The third kappa shape index (κ3) is 4.13. The zero-order chi connectivity index (χ0) is 17.0. The number of non-ortho nitro benzene ring substituents is 1. The van der Waals surface area contributed by atoms with Gasteiger partial charge in [-0.1, -0.05) is 11.6 Å². The number of amides is 1. The second kappa shape index (κ2) is 7.01. The van der Waals surface area contributed by atoms with Crippen LogP contribution < -0.4 is 10.9 Å². The van der Waals surface area contributed by atoms with Gasteiger partial charge in [0.2, 0.25) is 0 Å². The van der Waals surface area contributed by atoms with Crippen molar-refractivity contribution in [3.63, 3.8) is 0 Å². The maximum atomic E-state index is 12.1. The molecular formula is C14H13ClN4O4. The number of benzene rings is 1. The molecule has 0 saturated carbocycles. The van der Waals surface area contributed by atoms with Gasteiger partial charge < -0.3 is 5.32 Å². The minimum absolute atomic E-state index is 0.00501. The zero-order valence-corrected chi connectivity index (χ0v) is 12.9. The van der Waals surface area contributed by atoms with Crippen LogP contribution in [0, 0.1) is 17.0 Å². The molecule has 0 spiro atoms. The molecule has 0 bridgehead atoms. The lowest BCUT2D eigenvalue weighted by Crippen LogP contribution is -2.32. The molecule has 2 rings (SSSR count). The van der Waals surface area contributed by atoms with Crippen LogP contribution >= 0.6 is 11.6 Å². The Morgan fingerprint density at radius 1 is 1.39 bits per heavy atom. The van der Waals surface area contributed by atoms with Crippen molar-refractivity contribution < 1.29 is 9.72 Å². The van der Waals surface area contributed by atoms with Gasteiger partial charge in [-0.05, 0) is 19.1 Å². The number of rotatable bonds is 5. The largest absolute Gasteiger partial charge is 0.350 e. The van der Waals surface area contributed by atoms with Crippen LogP contribution in [0.4, 0.5) is 5.69 Å². The molecule has 0 aliphatic rings. The van der Waals surface area contributed by atoms with E-state index in [1.165, 1.54) is 22.9 Å². The van der Waals surface area contributed by atoms with Gasteiger partial charge in [-0.3, -0.25) is 19.7 Å². The molecule has 0 saturated heterocycles. The summed E-state index contributed by atoms with van der Waals surface area (Å²) in [6.07, 6.45) is 0. The van der Waals surface area contributed by atoms with Gasteiger partial charge in [-0.15, -0.1) is 0 Å². The smallest absolute Gasteiger partial charge is 0.270 e. The molecule has 23 heavy (non-hydrogen) atoms. The Morgan fingerprint density at radius 2 is 2.13 bits per heavy atom. The van der Waals surface area contributed by atoms with Crippen molar-refractivity contribution in [1.29, 1.82) is 0 Å². The predicted octanol–water partition coefficient (Wildman–Crippen LogP) is 1.54. The highest BCUT2D eigenvalue weighted by molar-refractivity contribution is 6.33. The van der Waals surface area contributed by atoms with Crippen LogP contribution in [-0.2, 0) is 6.54 Å². The summed E-state index contributed by atoms with van der Waals surface area (Å²) in [5.74, 6) is -0.556. The summed E-state index contributed by atoms with van der Waals surface area (Å²) in [4.78, 5) is 33.8. The number of nitro benzene ring substituents is 1. The Morgan fingerprint density at radius 3 is 2.83 bits per heavy atom. The molecule has 8 nitrogen and oxygen atoms in total. The van der Waals surface area contributed by atoms with E-state index in [9.17, 15) is 19.7 Å². The Balaban J connectivity index is 2.05. The van der Waals surface area contributed by atoms with Crippen LogP contribution in [0.15, 0.2) is 35.1 Å². The number of nitrogens with zero attached hydrogens (tertiary/aromatic N) is 3. The first-order chi connectivity index (χ1) is 10.9. The maximum absolute atomic E-state index is 12.1. The van der Waals surface area contributed by atoms with Gasteiger partial charge in [0.1, 0.15) is 0 Å². The highest BCUT2D eigenvalue weighted by Gasteiger charge is 2.15. The number of nitrogens with one attached hydrogen (secondary N) is 1. The number of hydrogen-bond acceptors (Lipinski definition) is 5. The quantitative estimate of drug-likeness (QED) is 0.658. The van der Waals surface area contributed by atoms with Gasteiger partial charge in [-0.2, -0.15) is 5.10 Å². The number of aromatic nitrogens is 2. The van der Waals surface area contributed by atoms with E-state index in [2.05, 4.69) is 10.4 Å². The fourth-order valence-electron chi connectivity index (χ4n) is 1.88. The monoisotopic (exact) mass is 336 g/mol. The van der Waals surface area contributed by atoms with Crippen molar-refractivity contribution in [2.45, 2.75) is 13.5 Å². The second-order valence-electron chi connectivity index (χ2n) is 4.71. The SMILES string of the molecule is Cc1ccc(=O)n(CCNC(=O)c2cc([N+](=O)[O-])ccc2Cl)n1. The minimum Gasteiger partial charge on any atom is -0.350 e. The van der Waals surface area contributed by atoms with E-state index in [0.29, 0.717) is 5.69 Å². The summed E-state index contributed by atoms with van der Waals surface area (Å²) < 4.78 is 1.23. The fraction of sp³-hybridized carbons (Fsp3) is 0.214. The van der Waals surface area contributed by atoms with Crippen molar-refractivity contribution in [2.75, 3.05) is 6.54 Å². The van der Waals surface area contributed by atoms with E-state index >= 15 is 0 Å². The second-order valence-corrected chi connectivity index (χ2v) is 5.12. The Labute approximate surface area is 135 Å². The van der Waals surface area contributed by atoms with E-state index in [-0.39, 0.29) is 34.9 Å². The molecule has 0 radical (unpaired) electrons. The lowest BCUT2D eigenvalue weighted by atomic mass is 10.2. The summed E-state index contributed by atoms with van der Waals surface area (Å²) in [7, 11) is 0. The lowest BCUT2D eigenvalue weighted by molar-refractivity contribution is -0.384. The van der Waals surface area contributed by atoms with Gasteiger partial charge in [0.15, 0.2) is 0 Å². The zero-order valence-electron chi connectivity index (χ0n) is 12.2. The van der Waals surface area contributed by atoms with Crippen LogP contribution in [0.2, 0.25) is 5.02 Å². The van der Waals surface area contributed by atoms with E-state index < -0.39 is 10.8 Å². The molecule has 1 aromatic heterocycles. The van der Waals surface area contributed by atoms with Crippen molar-refractivity contribution in [1.82, 2.24) is 15.1 Å². The van der Waals surface area contributed by atoms with Gasteiger partial charge in [-0.25, -0.2) is 4.68 Å².